The molecule has 0 atom stereocenters. The van der Waals surface area contributed by atoms with Crippen LogP contribution in [0.15, 0.2) is 24.3 Å². The fourth-order valence-corrected chi connectivity index (χ4v) is 1.68. The Morgan fingerprint density at radius 1 is 1.35 bits per heavy atom. The highest BCUT2D eigenvalue weighted by atomic mass is 19.1. The quantitative estimate of drug-likeness (QED) is 0.840. The number of aliphatic carboxylic acids is 1. The molecule has 0 aromatic heterocycles. The molecule has 0 fully saturated rings. The normalized spacial score (nSPS) is 10.4. The van der Waals surface area contributed by atoms with E-state index in [2.05, 4.69) is 5.32 Å². The maximum absolute atomic E-state index is 13.6. The molecule has 110 valence electrons. The van der Waals surface area contributed by atoms with Crippen LogP contribution in [0.4, 0.5) is 9.18 Å². The van der Waals surface area contributed by atoms with E-state index in [1.807, 2.05) is 13.8 Å². The minimum Gasteiger partial charge on any atom is -0.481 e. The summed E-state index contributed by atoms with van der Waals surface area (Å²) in [6, 6.07) is 5.74. The summed E-state index contributed by atoms with van der Waals surface area (Å²) in [7, 11) is 0. The van der Waals surface area contributed by atoms with E-state index in [9.17, 15) is 14.0 Å². The number of nitrogens with zero attached hydrogens (tertiary/aromatic N) is 1. The van der Waals surface area contributed by atoms with Crippen LogP contribution < -0.4 is 5.32 Å². The Morgan fingerprint density at radius 2 is 2.00 bits per heavy atom. The van der Waals surface area contributed by atoms with Crippen LogP contribution in [0.5, 0.6) is 0 Å². The lowest BCUT2D eigenvalue weighted by Crippen LogP contribution is -2.44. The van der Waals surface area contributed by atoms with Gasteiger partial charge in [-0.2, -0.15) is 0 Å². The summed E-state index contributed by atoms with van der Waals surface area (Å²) >= 11 is 0. The van der Waals surface area contributed by atoms with Crippen LogP contribution >= 0.6 is 0 Å². The molecule has 0 aliphatic carbocycles. The summed E-state index contributed by atoms with van der Waals surface area (Å²) in [5, 5.41) is 11.1. The first-order valence-corrected chi connectivity index (χ1v) is 6.41. The first-order chi connectivity index (χ1) is 9.41. The number of carboxylic acid groups (broad SMARTS) is 1. The lowest BCUT2D eigenvalue weighted by molar-refractivity contribution is -0.136. The smallest absolute Gasteiger partial charge is 0.317 e. The minimum atomic E-state index is -0.976. The van der Waals surface area contributed by atoms with Crippen LogP contribution in [0, 0.1) is 5.82 Å². The first kappa shape index (κ1) is 15.9. The van der Waals surface area contributed by atoms with Gasteiger partial charge in [0.2, 0.25) is 0 Å². The molecule has 5 nitrogen and oxygen atoms in total. The van der Waals surface area contributed by atoms with E-state index in [4.69, 9.17) is 5.11 Å². The molecule has 1 rings (SSSR count). The van der Waals surface area contributed by atoms with Crippen molar-refractivity contribution in [1.29, 1.82) is 0 Å². The molecule has 0 unspecified atom stereocenters. The third-order valence-electron chi connectivity index (χ3n) is 2.80. The van der Waals surface area contributed by atoms with Crippen molar-refractivity contribution < 1.29 is 19.1 Å². The van der Waals surface area contributed by atoms with Crippen molar-refractivity contribution in [2.45, 2.75) is 32.9 Å². The Hall–Kier alpha value is -2.11. The standard InChI is InChI=1S/C14H19FN2O3/c1-10(2)17(14(20)16-8-7-13(18)19)9-11-5-3-4-6-12(11)15/h3-6,10H,7-9H2,1-2H3,(H,16,20)(H,18,19). The topological polar surface area (TPSA) is 69.6 Å². The molecule has 0 saturated heterocycles. The van der Waals surface area contributed by atoms with Gasteiger partial charge >= 0.3 is 12.0 Å². The van der Waals surface area contributed by atoms with Crippen LogP contribution in [0.25, 0.3) is 0 Å². The molecule has 0 aliphatic heterocycles. The number of carboxylic acids is 1. The van der Waals surface area contributed by atoms with Crippen LogP contribution in [-0.2, 0) is 11.3 Å². The van der Waals surface area contributed by atoms with Gasteiger partial charge in [-0.3, -0.25) is 4.79 Å². The number of carbonyl (C=O) groups is 2. The van der Waals surface area contributed by atoms with Gasteiger partial charge in [0.25, 0.3) is 0 Å². The largest absolute Gasteiger partial charge is 0.481 e. The zero-order valence-corrected chi connectivity index (χ0v) is 11.6. The summed E-state index contributed by atoms with van der Waals surface area (Å²) in [5.74, 6) is -1.34. The second kappa shape index (κ2) is 7.47. The molecule has 2 amide bonds. The fraction of sp³-hybridized carbons (Fsp3) is 0.429. The monoisotopic (exact) mass is 282 g/mol. The third kappa shape index (κ3) is 4.87. The highest BCUT2D eigenvalue weighted by Gasteiger charge is 2.18. The first-order valence-electron chi connectivity index (χ1n) is 6.41. The Balaban J connectivity index is 2.67. The molecule has 0 saturated carbocycles. The molecule has 0 radical (unpaired) electrons. The third-order valence-corrected chi connectivity index (χ3v) is 2.80. The SMILES string of the molecule is CC(C)N(Cc1ccccc1F)C(=O)NCCC(=O)O. The van der Waals surface area contributed by atoms with E-state index in [0.29, 0.717) is 5.56 Å². The van der Waals surface area contributed by atoms with E-state index in [1.54, 1.807) is 18.2 Å². The zero-order valence-electron chi connectivity index (χ0n) is 11.6. The number of benzene rings is 1. The van der Waals surface area contributed by atoms with Gasteiger partial charge in [-0.05, 0) is 19.9 Å². The Morgan fingerprint density at radius 3 is 2.55 bits per heavy atom. The predicted octanol–water partition coefficient (Wildman–Crippen LogP) is 2.22. The average Bonchev–Trinajstić information content (AvgIpc) is 2.36. The number of hydrogen-bond donors (Lipinski definition) is 2. The molecule has 2 N–H and O–H groups in total. The van der Waals surface area contributed by atoms with Crippen LogP contribution in [0.2, 0.25) is 0 Å². The number of rotatable bonds is 6. The van der Waals surface area contributed by atoms with Crippen LogP contribution in [0.3, 0.4) is 0 Å². The number of halogens is 1. The van der Waals surface area contributed by atoms with Gasteiger partial charge in [0, 0.05) is 18.2 Å². The molecule has 0 spiro atoms. The summed E-state index contributed by atoms with van der Waals surface area (Å²) < 4.78 is 13.6. The van der Waals surface area contributed by atoms with Crippen molar-refractivity contribution >= 4 is 12.0 Å². The van der Waals surface area contributed by atoms with Gasteiger partial charge in [0.05, 0.1) is 13.0 Å². The lowest BCUT2D eigenvalue weighted by Gasteiger charge is -2.27. The van der Waals surface area contributed by atoms with Crippen molar-refractivity contribution in [1.82, 2.24) is 10.2 Å². The number of amides is 2. The van der Waals surface area contributed by atoms with Crippen LogP contribution in [0.1, 0.15) is 25.8 Å². The van der Waals surface area contributed by atoms with Crippen molar-refractivity contribution in [2.75, 3.05) is 6.54 Å². The minimum absolute atomic E-state index is 0.0503. The van der Waals surface area contributed by atoms with Crippen molar-refractivity contribution in [3.63, 3.8) is 0 Å². The maximum Gasteiger partial charge on any atom is 0.317 e. The lowest BCUT2D eigenvalue weighted by atomic mass is 10.2. The number of nitrogens with one attached hydrogen (secondary N) is 1. The van der Waals surface area contributed by atoms with Crippen LogP contribution in [-0.4, -0.2) is 34.6 Å². The van der Waals surface area contributed by atoms with E-state index in [0.717, 1.165) is 0 Å². The molecular weight excluding hydrogens is 263 g/mol. The van der Waals surface area contributed by atoms with Crippen molar-refractivity contribution in [3.05, 3.63) is 35.6 Å². The van der Waals surface area contributed by atoms with Gasteiger partial charge in [-0.15, -0.1) is 0 Å². The number of hydrogen-bond acceptors (Lipinski definition) is 2. The molecule has 1 aromatic rings. The molecular formula is C14H19FN2O3. The highest BCUT2D eigenvalue weighted by molar-refractivity contribution is 5.75. The Kier molecular flexibility index (Phi) is 5.96. The summed E-state index contributed by atoms with van der Waals surface area (Å²) in [5.41, 5.74) is 0.426. The summed E-state index contributed by atoms with van der Waals surface area (Å²) in [4.78, 5) is 23.8. The number of carbonyl (C=O) groups excluding carboxylic acids is 1. The molecule has 0 heterocycles. The van der Waals surface area contributed by atoms with Crippen molar-refractivity contribution in [2.24, 2.45) is 0 Å². The highest BCUT2D eigenvalue weighted by Crippen LogP contribution is 2.12. The Labute approximate surface area is 117 Å². The fourth-order valence-electron chi connectivity index (χ4n) is 1.68. The summed E-state index contributed by atoms with van der Waals surface area (Å²) in [6.45, 7) is 3.83. The van der Waals surface area contributed by atoms with E-state index < -0.39 is 12.0 Å². The van der Waals surface area contributed by atoms with Crippen molar-refractivity contribution in [3.8, 4) is 0 Å². The van der Waals surface area contributed by atoms with E-state index in [1.165, 1.54) is 11.0 Å². The van der Waals surface area contributed by atoms with Gasteiger partial charge in [-0.25, -0.2) is 9.18 Å². The molecule has 6 heteroatoms. The second-order valence-electron chi connectivity index (χ2n) is 4.69. The van der Waals surface area contributed by atoms with E-state index >= 15 is 0 Å². The van der Waals surface area contributed by atoms with Gasteiger partial charge in [-0.1, -0.05) is 18.2 Å². The maximum atomic E-state index is 13.6. The molecule has 0 aliphatic rings. The molecule has 0 bridgehead atoms. The molecule has 1 aromatic carbocycles. The van der Waals surface area contributed by atoms with E-state index in [-0.39, 0.29) is 31.4 Å². The number of urea groups is 1. The van der Waals surface area contributed by atoms with Gasteiger partial charge in [0.15, 0.2) is 0 Å². The van der Waals surface area contributed by atoms with Gasteiger partial charge < -0.3 is 15.3 Å². The molecule has 20 heavy (non-hydrogen) atoms. The zero-order chi connectivity index (χ0) is 15.1. The van der Waals surface area contributed by atoms with Gasteiger partial charge in [0.1, 0.15) is 5.82 Å². The second-order valence-corrected chi connectivity index (χ2v) is 4.69. The summed E-state index contributed by atoms with van der Waals surface area (Å²) in [6.07, 6.45) is -0.141. The average molecular weight is 282 g/mol. The Bertz CT molecular complexity index is 477. The predicted molar refractivity (Wildman–Crippen MR) is 72.7 cm³/mol.